The number of amides is 1. The van der Waals surface area contributed by atoms with Gasteiger partial charge in [0.15, 0.2) is 11.6 Å². The quantitative estimate of drug-likeness (QED) is 0.841. The molecule has 2 aromatic rings. The van der Waals surface area contributed by atoms with Gasteiger partial charge in [0.2, 0.25) is 0 Å². The Kier molecular flexibility index (Phi) is 4.24. The molecule has 1 amide bonds. The first-order valence-corrected chi connectivity index (χ1v) is 6.52. The fraction of sp³-hybridized carbons (Fsp3) is 0.0714. The molecule has 0 aromatic heterocycles. The molecule has 20 heavy (non-hydrogen) atoms. The molecule has 0 saturated carbocycles. The molecule has 0 heterocycles. The molecule has 2 rings (SSSR count). The minimum Gasteiger partial charge on any atom is -0.486 e. The van der Waals surface area contributed by atoms with Gasteiger partial charge < -0.3 is 16.2 Å². The number of carbonyl (C=O) groups is 1. The van der Waals surface area contributed by atoms with E-state index < -0.39 is 11.7 Å². The predicted octanol–water partition coefficient (Wildman–Crippen LogP) is 2.85. The number of halogens is 2. The summed E-state index contributed by atoms with van der Waals surface area (Å²) < 4.78 is 20.0. The van der Waals surface area contributed by atoms with E-state index in [2.05, 4.69) is 15.9 Å². The van der Waals surface area contributed by atoms with Crippen molar-refractivity contribution in [2.45, 2.75) is 6.61 Å². The molecule has 2 aromatic carbocycles. The van der Waals surface area contributed by atoms with Gasteiger partial charge in [0.05, 0.1) is 5.56 Å². The number of rotatable bonds is 4. The van der Waals surface area contributed by atoms with Gasteiger partial charge in [0.25, 0.3) is 5.91 Å². The van der Waals surface area contributed by atoms with Crippen LogP contribution < -0.4 is 16.2 Å². The molecule has 104 valence electrons. The largest absolute Gasteiger partial charge is 0.486 e. The van der Waals surface area contributed by atoms with Crippen LogP contribution in [0.15, 0.2) is 40.9 Å². The highest BCUT2D eigenvalue weighted by Crippen LogP contribution is 2.25. The van der Waals surface area contributed by atoms with Crippen LogP contribution in [0.5, 0.6) is 5.75 Å². The van der Waals surface area contributed by atoms with Crippen LogP contribution in [0.1, 0.15) is 15.9 Å². The summed E-state index contributed by atoms with van der Waals surface area (Å²) in [6.07, 6.45) is 0. The SMILES string of the molecule is NC(=O)c1cc(OCc2ccc(Br)cc2)c(F)cc1N. The van der Waals surface area contributed by atoms with Gasteiger partial charge in [0, 0.05) is 16.2 Å². The molecule has 0 aliphatic carbocycles. The van der Waals surface area contributed by atoms with Crippen molar-refractivity contribution in [2.24, 2.45) is 5.73 Å². The highest BCUT2D eigenvalue weighted by molar-refractivity contribution is 9.10. The van der Waals surface area contributed by atoms with Crippen LogP contribution in [0, 0.1) is 5.82 Å². The number of nitrogen functional groups attached to an aromatic ring is 1. The Morgan fingerprint density at radius 3 is 2.50 bits per heavy atom. The summed E-state index contributed by atoms with van der Waals surface area (Å²) in [5, 5.41) is 0. The minimum atomic E-state index is -0.726. The van der Waals surface area contributed by atoms with Gasteiger partial charge in [-0.15, -0.1) is 0 Å². The Bertz CT molecular complexity index is 644. The first-order chi connectivity index (χ1) is 9.47. The first kappa shape index (κ1) is 14.3. The molecular formula is C14H12BrFN2O2. The number of anilines is 1. The molecule has 6 heteroatoms. The zero-order valence-electron chi connectivity index (χ0n) is 10.4. The van der Waals surface area contributed by atoms with E-state index >= 15 is 0 Å². The number of benzene rings is 2. The second kappa shape index (κ2) is 5.92. The monoisotopic (exact) mass is 338 g/mol. The van der Waals surface area contributed by atoms with E-state index in [0.29, 0.717) is 0 Å². The molecule has 0 aliphatic rings. The van der Waals surface area contributed by atoms with E-state index in [0.717, 1.165) is 16.1 Å². The molecule has 0 bridgehead atoms. The van der Waals surface area contributed by atoms with E-state index in [4.69, 9.17) is 16.2 Å². The highest BCUT2D eigenvalue weighted by atomic mass is 79.9. The number of nitrogens with two attached hydrogens (primary N) is 2. The lowest BCUT2D eigenvalue weighted by Gasteiger charge is -2.10. The van der Waals surface area contributed by atoms with Crippen LogP contribution in [0.3, 0.4) is 0 Å². The van der Waals surface area contributed by atoms with Crippen molar-refractivity contribution in [3.63, 3.8) is 0 Å². The van der Waals surface area contributed by atoms with Crippen LogP contribution in [-0.2, 0) is 6.61 Å². The van der Waals surface area contributed by atoms with Crippen LogP contribution in [0.2, 0.25) is 0 Å². The lowest BCUT2D eigenvalue weighted by atomic mass is 10.1. The fourth-order valence-electron chi connectivity index (χ4n) is 1.63. The molecule has 4 nitrogen and oxygen atoms in total. The summed E-state index contributed by atoms with van der Waals surface area (Å²) in [7, 11) is 0. The summed E-state index contributed by atoms with van der Waals surface area (Å²) in [5.74, 6) is -1.42. The lowest BCUT2D eigenvalue weighted by Crippen LogP contribution is -2.14. The van der Waals surface area contributed by atoms with E-state index in [1.807, 2.05) is 24.3 Å². The third-order valence-corrected chi connectivity index (χ3v) is 3.21. The van der Waals surface area contributed by atoms with E-state index in [-0.39, 0.29) is 23.6 Å². The Balaban J connectivity index is 2.18. The molecule has 0 unspecified atom stereocenters. The van der Waals surface area contributed by atoms with Gasteiger partial charge in [-0.2, -0.15) is 0 Å². The summed E-state index contributed by atoms with van der Waals surface area (Å²) in [6.45, 7) is 0.173. The lowest BCUT2D eigenvalue weighted by molar-refractivity contribution is 0.100. The third kappa shape index (κ3) is 3.27. The molecule has 4 N–H and O–H groups in total. The third-order valence-electron chi connectivity index (χ3n) is 2.68. The van der Waals surface area contributed by atoms with Crippen LogP contribution in [0.4, 0.5) is 10.1 Å². The smallest absolute Gasteiger partial charge is 0.250 e. The average molecular weight is 339 g/mol. The molecule has 0 aliphatic heterocycles. The zero-order chi connectivity index (χ0) is 14.7. The molecule has 0 radical (unpaired) electrons. The maximum Gasteiger partial charge on any atom is 0.250 e. The van der Waals surface area contributed by atoms with E-state index in [1.165, 1.54) is 6.07 Å². The maximum absolute atomic E-state index is 13.7. The summed E-state index contributed by atoms with van der Waals surface area (Å²) >= 11 is 3.32. The Morgan fingerprint density at radius 1 is 1.25 bits per heavy atom. The molecule has 0 atom stereocenters. The van der Waals surface area contributed by atoms with Gasteiger partial charge in [-0.05, 0) is 23.8 Å². The molecule has 0 fully saturated rings. The van der Waals surface area contributed by atoms with E-state index in [1.54, 1.807) is 0 Å². The number of carbonyl (C=O) groups excluding carboxylic acids is 1. The van der Waals surface area contributed by atoms with E-state index in [9.17, 15) is 9.18 Å². The van der Waals surface area contributed by atoms with Crippen molar-refractivity contribution in [2.75, 3.05) is 5.73 Å². The summed E-state index contributed by atoms with van der Waals surface area (Å²) in [5.41, 5.74) is 11.6. The number of primary amides is 1. The minimum absolute atomic E-state index is 0.00834. The predicted molar refractivity (Wildman–Crippen MR) is 77.8 cm³/mol. The van der Waals surface area contributed by atoms with Crippen molar-refractivity contribution in [3.05, 3.63) is 57.8 Å². The van der Waals surface area contributed by atoms with Crippen molar-refractivity contribution in [3.8, 4) is 5.75 Å². The van der Waals surface area contributed by atoms with Crippen molar-refractivity contribution in [1.82, 2.24) is 0 Å². The Labute approximate surface area is 123 Å². The highest BCUT2D eigenvalue weighted by Gasteiger charge is 2.13. The van der Waals surface area contributed by atoms with Crippen LogP contribution >= 0.6 is 15.9 Å². The zero-order valence-corrected chi connectivity index (χ0v) is 12.0. The summed E-state index contributed by atoms with van der Waals surface area (Å²) in [6, 6.07) is 9.63. The van der Waals surface area contributed by atoms with Gasteiger partial charge in [-0.3, -0.25) is 4.79 Å². The van der Waals surface area contributed by atoms with Gasteiger partial charge in [-0.1, -0.05) is 28.1 Å². The standard InChI is InChI=1S/C14H12BrFN2O2/c15-9-3-1-8(2-4-9)7-20-13-5-10(14(18)19)12(17)6-11(13)16/h1-6H,7,17H2,(H2,18,19). The molecule has 0 spiro atoms. The molecule has 0 saturated heterocycles. The van der Waals surface area contributed by atoms with Gasteiger partial charge in [-0.25, -0.2) is 4.39 Å². The normalized spacial score (nSPS) is 10.3. The van der Waals surface area contributed by atoms with Crippen molar-refractivity contribution in [1.29, 1.82) is 0 Å². The summed E-state index contributed by atoms with van der Waals surface area (Å²) in [4.78, 5) is 11.2. The molecular weight excluding hydrogens is 327 g/mol. The van der Waals surface area contributed by atoms with Gasteiger partial charge in [0.1, 0.15) is 6.61 Å². The van der Waals surface area contributed by atoms with Crippen LogP contribution in [-0.4, -0.2) is 5.91 Å². The van der Waals surface area contributed by atoms with Crippen molar-refractivity contribution < 1.29 is 13.9 Å². The average Bonchev–Trinajstić information content (AvgIpc) is 2.39. The van der Waals surface area contributed by atoms with Gasteiger partial charge >= 0.3 is 0 Å². The second-order valence-electron chi connectivity index (χ2n) is 4.15. The number of ether oxygens (including phenoxy) is 1. The number of hydrogen-bond acceptors (Lipinski definition) is 3. The fourth-order valence-corrected chi connectivity index (χ4v) is 1.90. The maximum atomic E-state index is 13.7. The first-order valence-electron chi connectivity index (χ1n) is 5.73. The van der Waals surface area contributed by atoms with Crippen LogP contribution in [0.25, 0.3) is 0 Å². The van der Waals surface area contributed by atoms with Crippen molar-refractivity contribution >= 4 is 27.5 Å². The Morgan fingerprint density at radius 2 is 1.90 bits per heavy atom. The number of hydrogen-bond donors (Lipinski definition) is 2. The second-order valence-corrected chi connectivity index (χ2v) is 5.06. The Hall–Kier alpha value is -2.08. The topological polar surface area (TPSA) is 78.3 Å².